The van der Waals surface area contributed by atoms with Gasteiger partial charge in [0.1, 0.15) is 12.4 Å². The number of azide groups is 1. The molecular weight excluding hydrogens is 497 g/mol. The molecule has 1 aliphatic rings. The second kappa shape index (κ2) is 10.4. The SMILES string of the molecule is [N-]=[N+]=NCc1nnc(-c2ccc(-c3ccc(C(=O)N4CCC(F)(F)CC4)cc3)cc2-c2ccc(F)cc2)o1. The Balaban J connectivity index is 1.45. The van der Waals surface area contributed by atoms with E-state index in [1.165, 1.54) is 17.0 Å². The first-order valence-electron chi connectivity index (χ1n) is 11.8. The minimum atomic E-state index is -2.72. The van der Waals surface area contributed by atoms with Gasteiger partial charge in [-0.1, -0.05) is 35.4 Å². The van der Waals surface area contributed by atoms with Crippen molar-refractivity contribution >= 4 is 5.91 Å². The Hall–Kier alpha value is -4.63. The highest BCUT2D eigenvalue weighted by Crippen LogP contribution is 2.36. The Morgan fingerprint density at radius 2 is 1.61 bits per heavy atom. The van der Waals surface area contributed by atoms with E-state index in [9.17, 15) is 18.0 Å². The second-order valence-electron chi connectivity index (χ2n) is 8.88. The number of amides is 1. The lowest BCUT2D eigenvalue weighted by molar-refractivity contribution is -0.0494. The van der Waals surface area contributed by atoms with Gasteiger partial charge in [-0.2, -0.15) is 0 Å². The summed E-state index contributed by atoms with van der Waals surface area (Å²) in [5, 5.41) is 11.4. The van der Waals surface area contributed by atoms with E-state index in [0.717, 1.165) is 11.1 Å². The molecule has 1 amide bonds. The summed E-state index contributed by atoms with van der Waals surface area (Å²) in [7, 11) is 0. The van der Waals surface area contributed by atoms with Gasteiger partial charge in [0.05, 0.1) is 0 Å². The molecule has 1 saturated heterocycles. The number of halogens is 3. The van der Waals surface area contributed by atoms with Gasteiger partial charge in [-0.3, -0.25) is 4.79 Å². The van der Waals surface area contributed by atoms with Crippen LogP contribution < -0.4 is 0 Å². The monoisotopic (exact) mass is 518 g/mol. The number of hydrogen-bond donors (Lipinski definition) is 0. The van der Waals surface area contributed by atoms with Crippen LogP contribution in [0.3, 0.4) is 0 Å². The summed E-state index contributed by atoms with van der Waals surface area (Å²) < 4.78 is 46.2. The second-order valence-corrected chi connectivity index (χ2v) is 8.88. The van der Waals surface area contributed by atoms with E-state index in [-0.39, 0.29) is 56.0 Å². The molecule has 0 unspecified atom stereocenters. The van der Waals surface area contributed by atoms with Crippen LogP contribution in [0.2, 0.25) is 0 Å². The number of alkyl halides is 2. The predicted octanol–water partition coefficient (Wildman–Crippen LogP) is 6.89. The molecule has 4 aromatic rings. The third kappa shape index (κ3) is 5.37. The maximum Gasteiger partial charge on any atom is 0.253 e. The molecule has 38 heavy (non-hydrogen) atoms. The lowest BCUT2D eigenvalue weighted by atomic mass is 9.94. The molecule has 2 heterocycles. The molecule has 0 radical (unpaired) electrons. The number of piperidine rings is 1. The first-order chi connectivity index (χ1) is 18.3. The fourth-order valence-corrected chi connectivity index (χ4v) is 4.32. The molecule has 3 aromatic carbocycles. The van der Waals surface area contributed by atoms with E-state index < -0.39 is 5.92 Å². The van der Waals surface area contributed by atoms with Gasteiger partial charge in [0.2, 0.25) is 11.8 Å². The number of aromatic nitrogens is 2. The van der Waals surface area contributed by atoms with Crippen molar-refractivity contribution in [1.82, 2.24) is 15.1 Å². The van der Waals surface area contributed by atoms with E-state index in [4.69, 9.17) is 9.95 Å². The molecule has 0 atom stereocenters. The van der Waals surface area contributed by atoms with Crippen LogP contribution in [0.15, 0.2) is 76.3 Å². The number of carbonyl (C=O) groups excluding carboxylic acids is 1. The number of benzene rings is 3. The Labute approximate surface area is 215 Å². The lowest BCUT2D eigenvalue weighted by Crippen LogP contribution is -2.42. The zero-order valence-electron chi connectivity index (χ0n) is 20.0. The topological polar surface area (TPSA) is 108 Å². The normalized spacial score (nSPS) is 14.7. The number of nitrogens with zero attached hydrogens (tertiary/aromatic N) is 6. The summed E-state index contributed by atoms with van der Waals surface area (Å²) >= 11 is 0. The quantitative estimate of drug-likeness (QED) is 0.157. The number of likely N-dealkylation sites (tertiary alicyclic amines) is 1. The summed E-state index contributed by atoms with van der Waals surface area (Å²) in [5.41, 5.74) is 12.6. The molecule has 0 saturated carbocycles. The molecule has 0 spiro atoms. The molecule has 1 fully saturated rings. The van der Waals surface area contributed by atoms with Crippen LogP contribution in [0.1, 0.15) is 29.1 Å². The van der Waals surface area contributed by atoms with Crippen LogP contribution in [-0.4, -0.2) is 40.0 Å². The van der Waals surface area contributed by atoms with E-state index in [0.29, 0.717) is 22.3 Å². The van der Waals surface area contributed by atoms with Crippen molar-refractivity contribution in [2.45, 2.75) is 25.3 Å². The standard InChI is InChI=1S/C27H21F3N6O2/c28-21-8-5-18(6-9-21)23-15-20(7-10-22(23)25-34-33-24(38-25)16-32-35-31)17-1-3-19(4-2-17)26(37)36-13-11-27(29,30)12-14-36/h1-10,15H,11-14,16H2. The molecule has 8 nitrogen and oxygen atoms in total. The van der Waals surface area contributed by atoms with Gasteiger partial charge in [-0.05, 0) is 64.2 Å². The van der Waals surface area contributed by atoms with E-state index in [1.54, 1.807) is 42.5 Å². The Morgan fingerprint density at radius 1 is 0.947 bits per heavy atom. The summed E-state index contributed by atoms with van der Waals surface area (Å²) in [5.74, 6) is -3.00. The van der Waals surface area contributed by atoms with Crippen LogP contribution in [0.4, 0.5) is 13.2 Å². The van der Waals surface area contributed by atoms with Gasteiger partial charge >= 0.3 is 0 Å². The largest absolute Gasteiger partial charge is 0.421 e. The van der Waals surface area contributed by atoms with E-state index >= 15 is 0 Å². The average molecular weight is 518 g/mol. The van der Waals surface area contributed by atoms with Crippen LogP contribution in [0.5, 0.6) is 0 Å². The van der Waals surface area contributed by atoms with Crippen LogP contribution in [-0.2, 0) is 6.54 Å². The molecule has 5 rings (SSSR count). The minimum Gasteiger partial charge on any atom is -0.421 e. The zero-order chi connectivity index (χ0) is 26.7. The molecule has 0 N–H and O–H groups in total. The fraction of sp³-hybridized carbons (Fsp3) is 0.222. The number of rotatable bonds is 6. The Morgan fingerprint density at radius 3 is 2.29 bits per heavy atom. The minimum absolute atomic E-state index is 0.0241. The van der Waals surface area contributed by atoms with Gasteiger partial charge in [0.25, 0.3) is 11.8 Å². The van der Waals surface area contributed by atoms with Crippen molar-refractivity contribution in [3.8, 4) is 33.7 Å². The van der Waals surface area contributed by atoms with Crippen molar-refractivity contribution in [1.29, 1.82) is 0 Å². The van der Waals surface area contributed by atoms with Crippen molar-refractivity contribution in [3.05, 3.63) is 94.4 Å². The summed E-state index contributed by atoms with van der Waals surface area (Å²) in [6.45, 7) is -0.0367. The molecule has 11 heteroatoms. The molecular formula is C27H21F3N6O2. The lowest BCUT2D eigenvalue weighted by Gasteiger charge is -2.31. The van der Waals surface area contributed by atoms with Crippen molar-refractivity contribution in [3.63, 3.8) is 0 Å². The van der Waals surface area contributed by atoms with Gasteiger partial charge in [-0.25, -0.2) is 13.2 Å². The van der Waals surface area contributed by atoms with Gasteiger partial charge in [-0.15, -0.1) is 10.2 Å². The fourth-order valence-electron chi connectivity index (χ4n) is 4.32. The highest BCUT2D eigenvalue weighted by molar-refractivity contribution is 5.95. The number of carbonyl (C=O) groups is 1. The molecule has 0 aliphatic carbocycles. The Bertz CT molecular complexity index is 1500. The van der Waals surface area contributed by atoms with Gasteiger partial charge in [0.15, 0.2) is 0 Å². The van der Waals surface area contributed by atoms with Crippen LogP contribution in [0.25, 0.3) is 44.2 Å². The molecule has 192 valence electrons. The predicted molar refractivity (Wildman–Crippen MR) is 133 cm³/mol. The molecule has 1 aromatic heterocycles. The van der Waals surface area contributed by atoms with Gasteiger partial charge in [0, 0.05) is 42.0 Å². The summed E-state index contributed by atoms with van der Waals surface area (Å²) in [6, 6.07) is 18.5. The number of hydrogen-bond acceptors (Lipinski definition) is 5. The maximum atomic E-state index is 13.6. The molecule has 0 bridgehead atoms. The van der Waals surface area contributed by atoms with Gasteiger partial charge < -0.3 is 9.32 Å². The van der Waals surface area contributed by atoms with E-state index in [2.05, 4.69) is 20.2 Å². The van der Waals surface area contributed by atoms with Crippen LogP contribution >= 0.6 is 0 Å². The van der Waals surface area contributed by atoms with Crippen molar-refractivity contribution in [2.75, 3.05) is 13.1 Å². The zero-order valence-corrected chi connectivity index (χ0v) is 20.0. The highest BCUT2D eigenvalue weighted by atomic mass is 19.3. The Kier molecular flexibility index (Phi) is 6.85. The van der Waals surface area contributed by atoms with E-state index in [1.807, 2.05) is 12.1 Å². The first-order valence-corrected chi connectivity index (χ1v) is 11.8. The van der Waals surface area contributed by atoms with Crippen LogP contribution in [0, 0.1) is 5.82 Å². The first kappa shape index (κ1) is 25.0. The summed E-state index contributed by atoms with van der Waals surface area (Å²) in [4.78, 5) is 16.9. The van der Waals surface area contributed by atoms with Crippen molar-refractivity contribution in [2.24, 2.45) is 5.11 Å². The molecule has 1 aliphatic heterocycles. The summed E-state index contributed by atoms with van der Waals surface area (Å²) in [6.07, 6.45) is -0.662. The maximum absolute atomic E-state index is 13.6. The average Bonchev–Trinajstić information content (AvgIpc) is 3.40. The van der Waals surface area contributed by atoms with Crippen molar-refractivity contribution < 1.29 is 22.4 Å². The third-order valence-electron chi connectivity index (χ3n) is 6.39. The highest BCUT2D eigenvalue weighted by Gasteiger charge is 2.35. The third-order valence-corrected chi connectivity index (χ3v) is 6.39. The smallest absolute Gasteiger partial charge is 0.253 e.